The van der Waals surface area contributed by atoms with Gasteiger partial charge in [0.25, 0.3) is 0 Å². The van der Waals surface area contributed by atoms with Crippen LogP contribution >= 0.6 is 11.8 Å². The highest BCUT2D eigenvalue weighted by Gasteiger charge is 2.16. The second kappa shape index (κ2) is 7.84. The van der Waals surface area contributed by atoms with Gasteiger partial charge in [0.2, 0.25) is 5.91 Å². The van der Waals surface area contributed by atoms with Gasteiger partial charge in [0.15, 0.2) is 0 Å². The van der Waals surface area contributed by atoms with E-state index in [-0.39, 0.29) is 11.7 Å². The van der Waals surface area contributed by atoms with E-state index in [0.29, 0.717) is 6.61 Å². The molecule has 0 aliphatic heterocycles. The Bertz CT molecular complexity index is 448. The molecule has 1 rings (SSSR count). The quantitative estimate of drug-likeness (QED) is 0.641. The molecule has 19 heavy (non-hydrogen) atoms. The van der Waals surface area contributed by atoms with Crippen molar-refractivity contribution in [3.8, 4) is 0 Å². The van der Waals surface area contributed by atoms with E-state index in [1.165, 1.54) is 11.8 Å². The Morgan fingerprint density at radius 3 is 2.68 bits per heavy atom. The second-order valence-electron chi connectivity index (χ2n) is 4.10. The molecule has 0 bridgehead atoms. The molecule has 0 radical (unpaired) electrons. The van der Waals surface area contributed by atoms with Gasteiger partial charge in [0.1, 0.15) is 6.04 Å². The van der Waals surface area contributed by atoms with E-state index in [1.54, 1.807) is 13.8 Å². The second-order valence-corrected chi connectivity index (χ2v) is 5.11. The summed E-state index contributed by atoms with van der Waals surface area (Å²) in [5.74, 6) is -0.292. The van der Waals surface area contributed by atoms with Crippen LogP contribution in [0.4, 0.5) is 0 Å². The van der Waals surface area contributed by atoms with Crippen molar-refractivity contribution in [2.24, 2.45) is 0 Å². The number of esters is 1. The van der Waals surface area contributed by atoms with Crippen molar-refractivity contribution in [3.63, 3.8) is 0 Å². The first kappa shape index (κ1) is 15.6. The zero-order valence-electron chi connectivity index (χ0n) is 11.4. The zero-order chi connectivity index (χ0) is 14.3. The van der Waals surface area contributed by atoms with Crippen LogP contribution in [0.5, 0.6) is 0 Å². The van der Waals surface area contributed by atoms with Gasteiger partial charge in [0.05, 0.1) is 12.4 Å². The van der Waals surface area contributed by atoms with E-state index in [1.807, 2.05) is 31.2 Å². The normalized spacial score (nSPS) is 11.7. The number of thioether (sulfide) groups is 1. The number of ether oxygens (including phenoxy) is 1. The van der Waals surface area contributed by atoms with Crippen LogP contribution in [0, 0.1) is 6.92 Å². The van der Waals surface area contributed by atoms with E-state index >= 15 is 0 Å². The highest BCUT2D eigenvalue weighted by atomic mass is 32.2. The fourth-order valence-corrected chi connectivity index (χ4v) is 2.31. The van der Waals surface area contributed by atoms with Gasteiger partial charge in [-0.2, -0.15) is 0 Å². The third-order valence-electron chi connectivity index (χ3n) is 2.47. The maximum absolute atomic E-state index is 11.7. The number of carbonyl (C=O) groups is 2. The minimum Gasteiger partial charge on any atom is -0.464 e. The number of aryl methyl sites for hydroxylation is 1. The predicted octanol–water partition coefficient (Wildman–Crippen LogP) is 2.15. The molecule has 0 fully saturated rings. The van der Waals surface area contributed by atoms with Crippen LogP contribution in [0.3, 0.4) is 0 Å². The van der Waals surface area contributed by atoms with Crippen molar-refractivity contribution in [3.05, 3.63) is 29.8 Å². The molecule has 0 spiro atoms. The van der Waals surface area contributed by atoms with Crippen LogP contribution in [0.25, 0.3) is 0 Å². The van der Waals surface area contributed by atoms with Crippen molar-refractivity contribution in [2.45, 2.75) is 31.7 Å². The van der Waals surface area contributed by atoms with Gasteiger partial charge < -0.3 is 10.1 Å². The van der Waals surface area contributed by atoms with E-state index in [4.69, 9.17) is 4.74 Å². The maximum Gasteiger partial charge on any atom is 0.328 e. The molecule has 0 aliphatic rings. The number of nitrogens with one attached hydrogen (secondary N) is 1. The van der Waals surface area contributed by atoms with Crippen molar-refractivity contribution in [1.29, 1.82) is 0 Å². The van der Waals surface area contributed by atoms with Gasteiger partial charge in [-0.3, -0.25) is 4.79 Å². The molecule has 1 amide bonds. The predicted molar refractivity (Wildman–Crippen MR) is 76.1 cm³/mol. The molecule has 1 aromatic rings. The van der Waals surface area contributed by atoms with E-state index in [9.17, 15) is 9.59 Å². The van der Waals surface area contributed by atoms with Crippen LogP contribution in [-0.2, 0) is 14.3 Å². The van der Waals surface area contributed by atoms with Gasteiger partial charge in [-0.1, -0.05) is 18.2 Å². The average Bonchev–Trinajstić information content (AvgIpc) is 2.38. The van der Waals surface area contributed by atoms with E-state index in [0.717, 1.165) is 10.5 Å². The molecule has 1 unspecified atom stereocenters. The molecule has 0 heterocycles. The summed E-state index contributed by atoms with van der Waals surface area (Å²) in [6, 6.07) is 7.27. The zero-order valence-corrected chi connectivity index (χ0v) is 12.3. The first-order valence-corrected chi connectivity index (χ1v) is 7.17. The van der Waals surface area contributed by atoms with Gasteiger partial charge >= 0.3 is 5.97 Å². The molecule has 0 saturated carbocycles. The van der Waals surface area contributed by atoms with Gasteiger partial charge in [-0.05, 0) is 32.4 Å². The summed E-state index contributed by atoms with van der Waals surface area (Å²) in [4.78, 5) is 24.1. The van der Waals surface area contributed by atoms with Crippen LogP contribution in [0.1, 0.15) is 19.4 Å². The molecule has 5 heteroatoms. The van der Waals surface area contributed by atoms with Crippen LogP contribution < -0.4 is 5.32 Å². The average molecular weight is 281 g/mol. The Morgan fingerprint density at radius 2 is 2.05 bits per heavy atom. The third-order valence-corrected chi connectivity index (χ3v) is 3.65. The molecule has 1 aromatic carbocycles. The largest absolute Gasteiger partial charge is 0.464 e. The molecule has 0 saturated heterocycles. The molecular formula is C14H19NO3S. The Kier molecular flexibility index (Phi) is 6.42. The smallest absolute Gasteiger partial charge is 0.328 e. The Labute approximate surface area is 117 Å². The summed E-state index contributed by atoms with van der Waals surface area (Å²) in [7, 11) is 0. The van der Waals surface area contributed by atoms with Crippen molar-refractivity contribution in [1.82, 2.24) is 5.32 Å². The SMILES string of the molecule is CCOC(=O)C(C)NC(=O)CSc1ccccc1C. The molecule has 0 aromatic heterocycles. The molecule has 0 aliphatic carbocycles. The molecular weight excluding hydrogens is 262 g/mol. The number of benzene rings is 1. The Balaban J connectivity index is 2.40. The van der Waals surface area contributed by atoms with Gasteiger partial charge in [-0.25, -0.2) is 4.79 Å². The third kappa shape index (κ3) is 5.34. The minimum absolute atomic E-state index is 0.172. The monoisotopic (exact) mass is 281 g/mol. The molecule has 1 N–H and O–H groups in total. The Morgan fingerprint density at radius 1 is 1.37 bits per heavy atom. The van der Waals surface area contributed by atoms with Crippen molar-refractivity contribution < 1.29 is 14.3 Å². The fourth-order valence-electron chi connectivity index (χ4n) is 1.47. The number of hydrogen-bond donors (Lipinski definition) is 1. The lowest BCUT2D eigenvalue weighted by molar-refractivity contribution is -0.146. The minimum atomic E-state index is -0.607. The van der Waals surface area contributed by atoms with Crippen molar-refractivity contribution in [2.75, 3.05) is 12.4 Å². The summed E-state index contributed by atoms with van der Waals surface area (Å²) in [6.45, 7) is 5.67. The first-order valence-electron chi connectivity index (χ1n) is 6.19. The number of hydrogen-bond acceptors (Lipinski definition) is 4. The number of carbonyl (C=O) groups excluding carboxylic acids is 2. The Hall–Kier alpha value is -1.49. The van der Waals surface area contributed by atoms with Gasteiger partial charge in [0, 0.05) is 4.90 Å². The highest BCUT2D eigenvalue weighted by molar-refractivity contribution is 8.00. The number of amides is 1. The summed E-state index contributed by atoms with van der Waals surface area (Å²) < 4.78 is 4.83. The lowest BCUT2D eigenvalue weighted by Gasteiger charge is -2.12. The highest BCUT2D eigenvalue weighted by Crippen LogP contribution is 2.21. The van der Waals surface area contributed by atoms with Crippen molar-refractivity contribution >= 4 is 23.6 Å². The summed E-state index contributed by atoms with van der Waals surface area (Å²) in [5.41, 5.74) is 1.14. The number of rotatable bonds is 6. The maximum atomic E-state index is 11.7. The topological polar surface area (TPSA) is 55.4 Å². The van der Waals surface area contributed by atoms with E-state index < -0.39 is 12.0 Å². The molecule has 1 atom stereocenters. The lowest BCUT2D eigenvalue weighted by Crippen LogP contribution is -2.40. The summed E-state index contributed by atoms with van der Waals surface area (Å²) in [5, 5.41) is 2.62. The van der Waals surface area contributed by atoms with Crippen LogP contribution in [-0.4, -0.2) is 30.3 Å². The lowest BCUT2D eigenvalue weighted by atomic mass is 10.2. The molecule has 104 valence electrons. The van der Waals surface area contributed by atoms with E-state index in [2.05, 4.69) is 5.32 Å². The molecule has 4 nitrogen and oxygen atoms in total. The van der Waals surface area contributed by atoms with Crippen LogP contribution in [0.15, 0.2) is 29.2 Å². The summed E-state index contributed by atoms with van der Waals surface area (Å²) in [6.07, 6.45) is 0. The standard InChI is InChI=1S/C14H19NO3S/c1-4-18-14(17)11(3)15-13(16)9-19-12-8-6-5-7-10(12)2/h5-8,11H,4,9H2,1-3H3,(H,15,16). The summed E-state index contributed by atoms with van der Waals surface area (Å²) >= 11 is 1.46. The van der Waals surface area contributed by atoms with Crippen LogP contribution in [0.2, 0.25) is 0 Å². The first-order chi connectivity index (χ1) is 9.04. The van der Waals surface area contributed by atoms with Gasteiger partial charge in [-0.15, -0.1) is 11.8 Å². The fraction of sp³-hybridized carbons (Fsp3) is 0.429.